The van der Waals surface area contributed by atoms with Crippen LogP contribution < -0.4 is 9.46 Å². The molecule has 118 valence electrons. The lowest BCUT2D eigenvalue weighted by atomic mass is 10.1. The van der Waals surface area contributed by atoms with Gasteiger partial charge in [-0.15, -0.1) is 0 Å². The van der Waals surface area contributed by atoms with Crippen molar-refractivity contribution in [2.45, 2.75) is 18.2 Å². The predicted molar refractivity (Wildman–Crippen MR) is 90.8 cm³/mol. The molecule has 0 aliphatic heterocycles. The highest BCUT2D eigenvalue weighted by molar-refractivity contribution is 9.10. The van der Waals surface area contributed by atoms with Gasteiger partial charge in [0, 0.05) is 11.0 Å². The van der Waals surface area contributed by atoms with Gasteiger partial charge < -0.3 is 4.74 Å². The Bertz CT molecular complexity index is 742. The molecule has 0 spiro atoms. The van der Waals surface area contributed by atoms with Crippen LogP contribution in [0.3, 0.4) is 0 Å². The number of halogens is 1. The molecule has 1 N–H and O–H groups in total. The molecule has 0 heterocycles. The second kappa shape index (κ2) is 7.26. The van der Waals surface area contributed by atoms with E-state index >= 15 is 0 Å². The molecule has 0 radical (unpaired) electrons. The van der Waals surface area contributed by atoms with E-state index < -0.39 is 10.0 Å². The summed E-state index contributed by atoms with van der Waals surface area (Å²) < 4.78 is 33.2. The van der Waals surface area contributed by atoms with E-state index in [1.807, 2.05) is 25.1 Å². The van der Waals surface area contributed by atoms with E-state index in [1.165, 1.54) is 0 Å². The van der Waals surface area contributed by atoms with Gasteiger partial charge in [-0.2, -0.15) is 0 Å². The van der Waals surface area contributed by atoms with E-state index in [0.717, 1.165) is 21.3 Å². The zero-order valence-corrected chi connectivity index (χ0v) is 14.9. The molecule has 0 unspecified atom stereocenters. The van der Waals surface area contributed by atoms with Gasteiger partial charge in [0.25, 0.3) is 0 Å². The summed E-state index contributed by atoms with van der Waals surface area (Å²) in [6, 6.07) is 12.5. The maximum absolute atomic E-state index is 12.2. The smallest absolute Gasteiger partial charge is 0.240 e. The van der Waals surface area contributed by atoms with Gasteiger partial charge in [-0.25, -0.2) is 13.1 Å². The summed E-state index contributed by atoms with van der Waals surface area (Å²) in [5, 5.41) is 0. The van der Waals surface area contributed by atoms with Crippen LogP contribution in [-0.4, -0.2) is 22.1 Å². The minimum Gasteiger partial charge on any atom is -0.496 e. The number of benzene rings is 2. The summed E-state index contributed by atoms with van der Waals surface area (Å²) in [5.74, 6) is 0.748. The SMILES string of the molecule is COc1ccc(Br)cc1CCNS(=O)(=O)c1ccc(C)cc1. The summed E-state index contributed by atoms with van der Waals surface area (Å²) in [6.45, 7) is 2.23. The summed E-state index contributed by atoms with van der Waals surface area (Å²) >= 11 is 3.41. The predicted octanol–water partition coefficient (Wildman–Crippen LogP) is 3.29. The van der Waals surface area contributed by atoms with Gasteiger partial charge in [-0.1, -0.05) is 33.6 Å². The highest BCUT2D eigenvalue weighted by atomic mass is 79.9. The quantitative estimate of drug-likeness (QED) is 0.832. The summed E-state index contributed by atoms with van der Waals surface area (Å²) in [4.78, 5) is 0.277. The molecule has 0 bridgehead atoms. The Morgan fingerprint density at radius 2 is 1.82 bits per heavy atom. The van der Waals surface area contributed by atoms with Crippen molar-refractivity contribution in [3.05, 3.63) is 58.1 Å². The second-order valence-electron chi connectivity index (χ2n) is 4.92. The van der Waals surface area contributed by atoms with Gasteiger partial charge in [0.05, 0.1) is 12.0 Å². The van der Waals surface area contributed by atoms with Crippen LogP contribution >= 0.6 is 15.9 Å². The molecule has 0 aromatic heterocycles. The number of aryl methyl sites for hydroxylation is 1. The minimum atomic E-state index is -3.48. The molecule has 2 aromatic carbocycles. The molecule has 4 nitrogen and oxygen atoms in total. The number of ether oxygens (including phenoxy) is 1. The average molecular weight is 384 g/mol. The molecular formula is C16H18BrNO3S. The molecule has 0 atom stereocenters. The number of sulfonamides is 1. The number of hydrogen-bond acceptors (Lipinski definition) is 3. The van der Waals surface area contributed by atoms with Gasteiger partial charge >= 0.3 is 0 Å². The van der Waals surface area contributed by atoms with E-state index in [1.54, 1.807) is 31.4 Å². The molecule has 2 aromatic rings. The van der Waals surface area contributed by atoms with Crippen molar-refractivity contribution in [2.75, 3.05) is 13.7 Å². The van der Waals surface area contributed by atoms with Crippen molar-refractivity contribution in [3.8, 4) is 5.75 Å². The van der Waals surface area contributed by atoms with E-state index in [4.69, 9.17) is 4.74 Å². The molecule has 0 fully saturated rings. The van der Waals surface area contributed by atoms with Gasteiger partial charge in [-0.3, -0.25) is 0 Å². The van der Waals surface area contributed by atoms with Crippen LogP contribution in [0.4, 0.5) is 0 Å². The second-order valence-corrected chi connectivity index (χ2v) is 7.60. The average Bonchev–Trinajstić information content (AvgIpc) is 2.48. The highest BCUT2D eigenvalue weighted by Gasteiger charge is 2.13. The van der Waals surface area contributed by atoms with Crippen LogP contribution in [-0.2, 0) is 16.4 Å². The van der Waals surface area contributed by atoms with Crippen molar-refractivity contribution in [2.24, 2.45) is 0 Å². The maximum atomic E-state index is 12.2. The fourth-order valence-electron chi connectivity index (χ4n) is 2.06. The topological polar surface area (TPSA) is 55.4 Å². The largest absolute Gasteiger partial charge is 0.496 e. The third kappa shape index (κ3) is 4.32. The molecule has 0 saturated carbocycles. The Kier molecular flexibility index (Phi) is 5.61. The fourth-order valence-corrected chi connectivity index (χ4v) is 3.50. The zero-order valence-electron chi connectivity index (χ0n) is 12.5. The summed E-state index contributed by atoms with van der Waals surface area (Å²) in [7, 11) is -1.88. The molecule has 0 amide bonds. The van der Waals surface area contributed by atoms with E-state index in [0.29, 0.717) is 13.0 Å². The number of rotatable bonds is 6. The Morgan fingerprint density at radius 1 is 1.14 bits per heavy atom. The zero-order chi connectivity index (χ0) is 16.2. The standard InChI is InChI=1S/C16H18BrNO3S/c1-12-3-6-15(7-4-12)22(19,20)18-10-9-13-11-14(17)5-8-16(13)21-2/h3-8,11,18H,9-10H2,1-2H3. The Hall–Kier alpha value is -1.37. The van der Waals surface area contributed by atoms with Gasteiger partial charge in [0.15, 0.2) is 0 Å². The first-order chi connectivity index (χ1) is 10.4. The monoisotopic (exact) mass is 383 g/mol. The van der Waals surface area contributed by atoms with Crippen molar-refractivity contribution in [3.63, 3.8) is 0 Å². The Balaban J connectivity index is 2.04. The normalized spacial score (nSPS) is 11.4. The lowest BCUT2D eigenvalue weighted by molar-refractivity contribution is 0.409. The molecule has 0 aliphatic rings. The van der Waals surface area contributed by atoms with Gasteiger partial charge in [-0.05, 0) is 49.2 Å². The molecule has 2 rings (SSSR count). The first-order valence-electron chi connectivity index (χ1n) is 6.81. The van der Waals surface area contributed by atoms with Crippen LogP contribution in [0.1, 0.15) is 11.1 Å². The number of nitrogens with one attached hydrogen (secondary N) is 1. The number of hydrogen-bond donors (Lipinski definition) is 1. The van der Waals surface area contributed by atoms with E-state index in [-0.39, 0.29) is 4.90 Å². The van der Waals surface area contributed by atoms with Crippen LogP contribution in [0, 0.1) is 6.92 Å². The Labute approximate surface area is 139 Å². The van der Waals surface area contributed by atoms with Crippen molar-refractivity contribution < 1.29 is 13.2 Å². The minimum absolute atomic E-state index is 0.277. The van der Waals surface area contributed by atoms with Crippen molar-refractivity contribution in [1.29, 1.82) is 0 Å². The lowest BCUT2D eigenvalue weighted by Gasteiger charge is -2.10. The van der Waals surface area contributed by atoms with Gasteiger partial charge in [0.2, 0.25) is 10.0 Å². The summed E-state index contributed by atoms with van der Waals surface area (Å²) in [5.41, 5.74) is 1.97. The fraction of sp³-hybridized carbons (Fsp3) is 0.250. The molecule has 6 heteroatoms. The van der Waals surface area contributed by atoms with Crippen LogP contribution in [0.5, 0.6) is 5.75 Å². The highest BCUT2D eigenvalue weighted by Crippen LogP contribution is 2.23. The Morgan fingerprint density at radius 3 is 2.45 bits per heavy atom. The van der Waals surface area contributed by atoms with Crippen LogP contribution in [0.2, 0.25) is 0 Å². The van der Waals surface area contributed by atoms with E-state index in [2.05, 4.69) is 20.7 Å². The molecule has 0 saturated heterocycles. The first kappa shape index (κ1) is 17.0. The molecular weight excluding hydrogens is 366 g/mol. The molecule has 22 heavy (non-hydrogen) atoms. The third-order valence-electron chi connectivity index (χ3n) is 3.26. The van der Waals surface area contributed by atoms with Crippen molar-refractivity contribution in [1.82, 2.24) is 4.72 Å². The molecule has 0 aliphatic carbocycles. The third-order valence-corrected chi connectivity index (χ3v) is 5.23. The maximum Gasteiger partial charge on any atom is 0.240 e. The van der Waals surface area contributed by atoms with Gasteiger partial charge in [0.1, 0.15) is 5.75 Å². The van der Waals surface area contributed by atoms with Crippen LogP contribution in [0.25, 0.3) is 0 Å². The first-order valence-corrected chi connectivity index (χ1v) is 9.09. The van der Waals surface area contributed by atoms with Crippen LogP contribution in [0.15, 0.2) is 51.8 Å². The van der Waals surface area contributed by atoms with Crippen molar-refractivity contribution >= 4 is 26.0 Å². The summed E-state index contributed by atoms with van der Waals surface area (Å²) in [6.07, 6.45) is 0.549. The van der Waals surface area contributed by atoms with E-state index in [9.17, 15) is 8.42 Å². The number of methoxy groups -OCH3 is 1. The lowest BCUT2D eigenvalue weighted by Crippen LogP contribution is -2.26.